The molecule has 4 rings (SSSR count). The van der Waals surface area contributed by atoms with E-state index in [1.807, 2.05) is 24.3 Å². The summed E-state index contributed by atoms with van der Waals surface area (Å²) in [5.74, 6) is 0.0730. The number of carbonyl (C=O) groups is 1. The maximum atomic E-state index is 12.7. The second-order valence-corrected chi connectivity index (χ2v) is 8.94. The lowest BCUT2D eigenvalue weighted by molar-refractivity contribution is -0.125. The zero-order valence-electron chi connectivity index (χ0n) is 16.2. The molecule has 146 valence electrons. The number of hydrogen-bond donors (Lipinski definition) is 1. The fraction of sp³-hybridized carbons (Fsp3) is 0.364. The van der Waals surface area contributed by atoms with Gasteiger partial charge in [-0.1, -0.05) is 47.2 Å². The van der Waals surface area contributed by atoms with Crippen LogP contribution in [0.25, 0.3) is 10.2 Å². The van der Waals surface area contributed by atoms with Crippen molar-refractivity contribution in [3.63, 3.8) is 0 Å². The molecule has 1 aliphatic heterocycles. The number of carbonyl (C=O) groups excluding carboxylic acids is 1. The maximum absolute atomic E-state index is 12.7. The number of thiazole rings is 1. The van der Waals surface area contributed by atoms with E-state index in [1.54, 1.807) is 11.3 Å². The largest absolute Gasteiger partial charge is 0.352 e. The van der Waals surface area contributed by atoms with E-state index in [0.717, 1.165) is 35.6 Å². The lowest BCUT2D eigenvalue weighted by atomic mass is 9.97. The van der Waals surface area contributed by atoms with Crippen molar-refractivity contribution >= 4 is 44.2 Å². The van der Waals surface area contributed by atoms with Crippen LogP contribution in [0.1, 0.15) is 29.5 Å². The lowest BCUT2D eigenvalue weighted by Crippen LogP contribution is -2.43. The molecule has 1 atom stereocenters. The van der Waals surface area contributed by atoms with Crippen molar-refractivity contribution in [1.29, 1.82) is 0 Å². The Hall–Kier alpha value is -2.11. The zero-order valence-corrected chi connectivity index (χ0v) is 17.7. The highest BCUT2D eigenvalue weighted by Gasteiger charge is 2.27. The number of anilines is 1. The molecule has 6 heteroatoms. The summed E-state index contributed by atoms with van der Waals surface area (Å²) in [5.41, 5.74) is 4.50. The molecule has 1 fully saturated rings. The van der Waals surface area contributed by atoms with E-state index in [0.29, 0.717) is 18.1 Å². The van der Waals surface area contributed by atoms with Crippen LogP contribution in [0.2, 0.25) is 5.02 Å². The summed E-state index contributed by atoms with van der Waals surface area (Å²) in [4.78, 5) is 19.9. The molecule has 0 unspecified atom stereocenters. The summed E-state index contributed by atoms with van der Waals surface area (Å²) >= 11 is 7.92. The lowest BCUT2D eigenvalue weighted by Gasteiger charge is -2.31. The van der Waals surface area contributed by atoms with Crippen LogP contribution in [-0.2, 0) is 11.3 Å². The predicted octanol–water partition coefficient (Wildman–Crippen LogP) is 5.10. The molecule has 3 aromatic rings. The van der Waals surface area contributed by atoms with Crippen molar-refractivity contribution in [3.8, 4) is 0 Å². The third-order valence-electron chi connectivity index (χ3n) is 5.29. The Morgan fingerprint density at radius 1 is 1.32 bits per heavy atom. The van der Waals surface area contributed by atoms with Crippen molar-refractivity contribution in [3.05, 3.63) is 58.1 Å². The summed E-state index contributed by atoms with van der Waals surface area (Å²) in [7, 11) is 0. The topological polar surface area (TPSA) is 45.2 Å². The summed E-state index contributed by atoms with van der Waals surface area (Å²) in [5, 5.41) is 4.77. The summed E-state index contributed by atoms with van der Waals surface area (Å²) in [6, 6.07) is 12.0. The van der Waals surface area contributed by atoms with Gasteiger partial charge in [0.2, 0.25) is 5.91 Å². The molecule has 2 heterocycles. The number of aromatic nitrogens is 1. The summed E-state index contributed by atoms with van der Waals surface area (Å²) in [6.45, 7) is 6.36. The average Bonchev–Trinajstić information content (AvgIpc) is 3.12. The van der Waals surface area contributed by atoms with E-state index in [1.165, 1.54) is 15.8 Å². The van der Waals surface area contributed by atoms with Crippen molar-refractivity contribution in [2.75, 3.05) is 18.0 Å². The second-order valence-electron chi connectivity index (χ2n) is 7.52. The molecule has 1 saturated heterocycles. The van der Waals surface area contributed by atoms with E-state index in [-0.39, 0.29) is 11.8 Å². The van der Waals surface area contributed by atoms with Crippen LogP contribution < -0.4 is 10.2 Å². The molecular formula is C22H24ClN3OS. The Labute approximate surface area is 174 Å². The van der Waals surface area contributed by atoms with Gasteiger partial charge in [-0.2, -0.15) is 0 Å². The van der Waals surface area contributed by atoms with Crippen molar-refractivity contribution < 1.29 is 4.79 Å². The van der Waals surface area contributed by atoms with Crippen LogP contribution in [0.15, 0.2) is 36.4 Å². The normalized spacial score (nSPS) is 17.1. The molecule has 0 bridgehead atoms. The second kappa shape index (κ2) is 8.10. The summed E-state index contributed by atoms with van der Waals surface area (Å²) in [6.07, 6.45) is 1.91. The van der Waals surface area contributed by atoms with Crippen LogP contribution in [0, 0.1) is 19.8 Å². The van der Waals surface area contributed by atoms with Gasteiger partial charge >= 0.3 is 0 Å². The van der Waals surface area contributed by atoms with Gasteiger partial charge in [0.05, 0.1) is 16.1 Å². The van der Waals surface area contributed by atoms with Gasteiger partial charge < -0.3 is 10.2 Å². The Kier molecular flexibility index (Phi) is 5.56. The summed E-state index contributed by atoms with van der Waals surface area (Å²) < 4.78 is 1.22. The van der Waals surface area contributed by atoms with Crippen LogP contribution >= 0.6 is 22.9 Å². The number of piperidine rings is 1. The van der Waals surface area contributed by atoms with Gasteiger partial charge in [-0.3, -0.25) is 4.79 Å². The Balaban J connectivity index is 1.45. The number of nitrogens with one attached hydrogen (secondary N) is 1. The first-order valence-corrected chi connectivity index (χ1v) is 10.8. The minimum atomic E-state index is -0.0221. The molecule has 28 heavy (non-hydrogen) atoms. The number of fused-ring (bicyclic) bond motifs is 1. The number of rotatable bonds is 4. The minimum absolute atomic E-state index is 0.0221. The molecule has 1 N–H and O–H groups in total. The van der Waals surface area contributed by atoms with Gasteiger partial charge in [0.15, 0.2) is 5.13 Å². The molecule has 0 spiro atoms. The number of hydrogen-bond acceptors (Lipinski definition) is 4. The third-order valence-corrected chi connectivity index (χ3v) is 6.72. The van der Waals surface area contributed by atoms with Crippen LogP contribution in [0.5, 0.6) is 0 Å². The molecular weight excluding hydrogens is 390 g/mol. The van der Waals surface area contributed by atoms with Gasteiger partial charge in [0, 0.05) is 24.7 Å². The highest BCUT2D eigenvalue weighted by molar-refractivity contribution is 7.22. The van der Waals surface area contributed by atoms with Crippen molar-refractivity contribution in [2.24, 2.45) is 5.92 Å². The third kappa shape index (κ3) is 4.01. The van der Waals surface area contributed by atoms with Gasteiger partial charge in [-0.05, 0) is 55.5 Å². The SMILES string of the molecule is Cc1cc(C)c2nc(N3CCC[C@H](C(=O)NCc4ccccc4Cl)C3)sc2c1. The van der Waals surface area contributed by atoms with E-state index in [4.69, 9.17) is 16.6 Å². The average molecular weight is 414 g/mol. The van der Waals surface area contributed by atoms with Crippen molar-refractivity contribution in [2.45, 2.75) is 33.2 Å². The van der Waals surface area contributed by atoms with Gasteiger partial charge in [-0.15, -0.1) is 0 Å². The van der Waals surface area contributed by atoms with E-state index in [9.17, 15) is 4.79 Å². The number of benzene rings is 2. The van der Waals surface area contributed by atoms with Crippen LogP contribution in [0.4, 0.5) is 5.13 Å². The number of nitrogens with zero attached hydrogens (tertiary/aromatic N) is 2. The first-order valence-electron chi connectivity index (χ1n) is 9.65. The van der Waals surface area contributed by atoms with Gasteiger partial charge in [-0.25, -0.2) is 4.98 Å². The molecule has 0 radical (unpaired) electrons. The molecule has 1 amide bonds. The first kappa shape index (κ1) is 19.2. The van der Waals surface area contributed by atoms with E-state index >= 15 is 0 Å². The monoisotopic (exact) mass is 413 g/mol. The van der Waals surface area contributed by atoms with Gasteiger partial charge in [0.25, 0.3) is 0 Å². The molecule has 0 aliphatic carbocycles. The fourth-order valence-corrected chi connectivity index (χ4v) is 5.21. The molecule has 4 nitrogen and oxygen atoms in total. The van der Waals surface area contributed by atoms with Crippen LogP contribution in [0.3, 0.4) is 0 Å². The van der Waals surface area contributed by atoms with Crippen LogP contribution in [-0.4, -0.2) is 24.0 Å². The van der Waals surface area contributed by atoms with E-state index in [2.05, 4.69) is 36.2 Å². The Morgan fingerprint density at radius 3 is 2.96 bits per heavy atom. The number of amides is 1. The number of aryl methyl sites for hydroxylation is 2. The molecule has 1 aromatic heterocycles. The maximum Gasteiger partial charge on any atom is 0.225 e. The van der Waals surface area contributed by atoms with Gasteiger partial charge in [0.1, 0.15) is 0 Å². The first-order chi connectivity index (χ1) is 13.5. The number of halogens is 1. The Morgan fingerprint density at radius 2 is 2.14 bits per heavy atom. The highest BCUT2D eigenvalue weighted by atomic mass is 35.5. The fourth-order valence-electron chi connectivity index (χ4n) is 3.83. The quantitative estimate of drug-likeness (QED) is 0.647. The standard InChI is InChI=1S/C22H24ClN3OS/c1-14-10-15(2)20-19(11-14)28-22(25-20)26-9-5-7-17(13-26)21(27)24-12-16-6-3-4-8-18(16)23/h3-4,6,8,10-11,17H,5,7,9,12-13H2,1-2H3,(H,24,27)/t17-/m0/s1. The molecule has 0 saturated carbocycles. The van der Waals surface area contributed by atoms with Crippen molar-refractivity contribution in [1.82, 2.24) is 10.3 Å². The molecule has 1 aliphatic rings. The highest BCUT2D eigenvalue weighted by Crippen LogP contribution is 2.33. The van der Waals surface area contributed by atoms with E-state index < -0.39 is 0 Å². The smallest absolute Gasteiger partial charge is 0.225 e. The molecule has 2 aromatic carbocycles. The Bertz CT molecular complexity index is 1020. The predicted molar refractivity (Wildman–Crippen MR) is 117 cm³/mol. The zero-order chi connectivity index (χ0) is 19.7. The minimum Gasteiger partial charge on any atom is -0.352 e.